The summed E-state index contributed by atoms with van der Waals surface area (Å²) in [6.45, 7) is 5.70. The molecule has 0 spiro atoms. The second-order valence-electron chi connectivity index (χ2n) is 6.19. The van der Waals surface area contributed by atoms with Gasteiger partial charge in [0.2, 0.25) is 0 Å². The normalized spacial score (nSPS) is 41.7. The topological polar surface area (TPSA) is 54.4 Å². The summed E-state index contributed by atoms with van der Waals surface area (Å²) in [4.78, 5) is -0.757. The van der Waals surface area contributed by atoms with Crippen LogP contribution in [0.25, 0.3) is 0 Å². The second-order valence-corrected chi connectivity index (χ2v) is 12.9. The van der Waals surface area contributed by atoms with Gasteiger partial charge in [0.1, 0.15) is 0 Å². The number of halogens is 3. The molecule has 2 rings (SSSR count). The molecule has 0 aliphatic heterocycles. The minimum absolute atomic E-state index is 0.148. The van der Waals surface area contributed by atoms with E-state index in [0.29, 0.717) is 6.42 Å². The molecule has 2 aliphatic rings. The summed E-state index contributed by atoms with van der Waals surface area (Å²) in [5, 5.41) is 10.3. The average molecular weight is 365 g/mol. The van der Waals surface area contributed by atoms with E-state index in [1.165, 1.54) is 0 Å². The first-order valence-electron chi connectivity index (χ1n) is 6.02. The van der Waals surface area contributed by atoms with Crippen LogP contribution in [0.15, 0.2) is 0 Å². The van der Waals surface area contributed by atoms with Crippen LogP contribution >= 0.6 is 0 Å². The maximum atomic E-state index is 12.5. The van der Waals surface area contributed by atoms with Crippen molar-refractivity contribution in [2.24, 2.45) is 16.7 Å². The number of fused-ring (bicyclic) bond motifs is 2. The number of rotatable bonds is 2. The molecule has 0 heterocycles. The van der Waals surface area contributed by atoms with Crippen LogP contribution in [0.3, 0.4) is 0 Å². The summed E-state index contributed by atoms with van der Waals surface area (Å²) in [6.07, 6.45) is 0.476. The van der Waals surface area contributed by atoms with Gasteiger partial charge in [0.25, 0.3) is 0 Å². The van der Waals surface area contributed by atoms with Crippen LogP contribution in [0.4, 0.5) is 13.2 Å². The Balaban J connectivity index is 2.31. The van der Waals surface area contributed by atoms with Gasteiger partial charge in [-0.1, -0.05) is 0 Å². The Morgan fingerprint density at radius 1 is 1.26 bits per heavy atom. The average Bonchev–Trinajstić information content (AvgIpc) is 2.51. The van der Waals surface area contributed by atoms with Crippen molar-refractivity contribution in [1.82, 2.24) is 0 Å². The molecule has 0 saturated heterocycles. The zero-order valence-corrected chi connectivity index (χ0v) is 13.4. The van der Waals surface area contributed by atoms with E-state index in [2.05, 4.69) is 0 Å². The number of alkyl halides is 3. The molecule has 0 amide bonds. The first-order chi connectivity index (χ1) is 8.34. The third-order valence-electron chi connectivity index (χ3n) is 5.26. The Kier molecular flexibility index (Phi) is 3.38. The van der Waals surface area contributed by atoms with E-state index in [0.717, 1.165) is 6.42 Å². The van der Waals surface area contributed by atoms with Gasteiger partial charge in [-0.05, 0) is 0 Å². The minimum atomic E-state index is -5.21. The monoisotopic (exact) mass is 366 g/mol. The van der Waals surface area contributed by atoms with Crippen LogP contribution in [-0.2, 0) is 8.26 Å². The van der Waals surface area contributed by atoms with Crippen LogP contribution in [0, 0.1) is 16.7 Å². The van der Waals surface area contributed by atoms with E-state index in [4.69, 9.17) is 0 Å². The van der Waals surface area contributed by atoms with Crippen LogP contribution in [0.1, 0.15) is 33.6 Å². The molecule has 1 N–H and O–H groups in total. The molecule has 112 valence electrons. The Morgan fingerprint density at radius 2 is 1.79 bits per heavy atom. The zero-order valence-electron chi connectivity index (χ0n) is 10.9. The Bertz CT molecular complexity index is 488. The van der Waals surface area contributed by atoms with Crippen molar-refractivity contribution in [3.63, 3.8) is 0 Å². The molecule has 4 atom stereocenters. The van der Waals surface area contributed by atoms with Crippen molar-refractivity contribution in [3.05, 3.63) is 0 Å². The van der Waals surface area contributed by atoms with E-state index in [-0.39, 0.29) is 11.3 Å². The van der Waals surface area contributed by atoms with E-state index in [1.807, 2.05) is 20.8 Å². The maximum absolute atomic E-state index is 12.5. The van der Waals surface area contributed by atoms with Crippen LogP contribution in [0.2, 0.25) is 4.82 Å². The van der Waals surface area contributed by atoms with Crippen LogP contribution in [0.5, 0.6) is 0 Å². The zero-order chi connectivity index (χ0) is 14.9. The fourth-order valence-electron chi connectivity index (χ4n) is 3.57. The van der Waals surface area contributed by atoms with Gasteiger partial charge < -0.3 is 0 Å². The third kappa shape index (κ3) is 1.98. The predicted molar refractivity (Wildman–Crippen MR) is 65.1 cm³/mol. The molecule has 2 saturated carbocycles. The van der Waals surface area contributed by atoms with Crippen LogP contribution < -0.4 is 0 Å². The predicted octanol–water partition coefficient (Wildman–Crippen LogP) is 2.15. The molecular weight excluding hydrogens is 348 g/mol. The summed E-state index contributed by atoms with van der Waals surface area (Å²) in [5.74, 6) is -0.148. The van der Waals surface area contributed by atoms with Gasteiger partial charge in [0.15, 0.2) is 0 Å². The first-order valence-corrected chi connectivity index (χ1v) is 10.5. The summed E-state index contributed by atoms with van der Waals surface area (Å²) in [5.41, 5.74) is -6.01. The molecule has 3 nitrogen and oxygen atoms in total. The van der Waals surface area contributed by atoms with E-state index < -0.39 is 43.9 Å². The van der Waals surface area contributed by atoms with Gasteiger partial charge in [-0.2, -0.15) is 0 Å². The third-order valence-corrected chi connectivity index (χ3v) is 11.7. The van der Waals surface area contributed by atoms with Gasteiger partial charge in [-0.3, -0.25) is 0 Å². The van der Waals surface area contributed by atoms with Gasteiger partial charge in [0.05, 0.1) is 0 Å². The number of hydrogen-bond donors (Lipinski definition) is 1. The van der Waals surface area contributed by atoms with E-state index >= 15 is 0 Å². The molecule has 19 heavy (non-hydrogen) atoms. The molecule has 8 heteroatoms. The Morgan fingerprint density at radius 3 is 2.16 bits per heavy atom. The van der Waals surface area contributed by atoms with Crippen molar-refractivity contribution in [2.75, 3.05) is 0 Å². The molecule has 0 aromatic heterocycles. The summed E-state index contributed by atoms with van der Waals surface area (Å²) in [7, 11) is -5.11. The number of aliphatic hydroxyl groups excluding tert-OH is 1. The van der Waals surface area contributed by atoms with E-state index in [9.17, 15) is 26.7 Å². The SMILES string of the molecule is CC1(C)C2CCC1(C)[C@@H](O)[C@H]2[Se]S(=O)(=O)C(F)(F)F. The summed E-state index contributed by atoms with van der Waals surface area (Å²) < 4.78 is 60.1. The van der Waals surface area contributed by atoms with E-state index in [1.54, 1.807) is 0 Å². The van der Waals surface area contributed by atoms with Crippen molar-refractivity contribution in [2.45, 2.75) is 50.0 Å². The molecule has 2 unspecified atom stereocenters. The molecule has 0 aromatic carbocycles. The Labute approximate surface area is 116 Å². The van der Waals surface area contributed by atoms with Crippen molar-refractivity contribution >= 4 is 22.1 Å². The van der Waals surface area contributed by atoms with Crippen molar-refractivity contribution in [3.8, 4) is 0 Å². The molecule has 2 aliphatic carbocycles. The van der Waals surface area contributed by atoms with Crippen molar-refractivity contribution < 1.29 is 26.7 Å². The van der Waals surface area contributed by atoms with Gasteiger partial charge in [0, 0.05) is 0 Å². The van der Waals surface area contributed by atoms with Gasteiger partial charge in [-0.25, -0.2) is 0 Å². The summed E-state index contributed by atoms with van der Waals surface area (Å²) >= 11 is -1.66. The van der Waals surface area contributed by atoms with Crippen LogP contribution in [-0.4, -0.2) is 39.0 Å². The molecule has 0 radical (unpaired) electrons. The van der Waals surface area contributed by atoms with Crippen molar-refractivity contribution in [1.29, 1.82) is 0 Å². The molecule has 2 bridgehead atoms. The second kappa shape index (κ2) is 4.12. The fourth-order valence-corrected chi connectivity index (χ4v) is 9.87. The quantitative estimate of drug-likeness (QED) is 0.763. The molecule has 2 fully saturated rings. The van der Waals surface area contributed by atoms with Gasteiger partial charge in [-0.15, -0.1) is 0 Å². The Hall–Kier alpha value is 0.219. The summed E-state index contributed by atoms with van der Waals surface area (Å²) in [6, 6.07) is 0. The standard InChI is InChI=1S/C11H17F3O3SSe/c1-9(2)6-4-5-10(9,3)8(15)7(6)19-18(16,17)11(12,13)14/h6-8,15H,4-5H2,1-3H3/t6?,7-,8-,10?/m0/s1. The molecule has 0 aromatic rings. The fraction of sp³-hybridized carbons (Fsp3) is 1.00. The van der Waals surface area contributed by atoms with Gasteiger partial charge >= 0.3 is 116 Å². The number of aliphatic hydroxyl groups is 1. The first kappa shape index (κ1) is 15.6. The molecular formula is C11H17F3O3SSe. The number of hydrogen-bond acceptors (Lipinski definition) is 3.